The van der Waals surface area contributed by atoms with Gasteiger partial charge in [-0.25, -0.2) is 4.98 Å². The highest BCUT2D eigenvalue weighted by Crippen LogP contribution is 2.27. The molecule has 1 aromatic carbocycles. The molecule has 0 aliphatic heterocycles. The number of benzene rings is 1. The summed E-state index contributed by atoms with van der Waals surface area (Å²) in [6, 6.07) is 6.37. The summed E-state index contributed by atoms with van der Waals surface area (Å²) in [6.07, 6.45) is 0.976. The highest BCUT2D eigenvalue weighted by Gasteiger charge is 2.16. The fourth-order valence-electron chi connectivity index (χ4n) is 2.76. The molecule has 0 aliphatic rings. The zero-order valence-corrected chi connectivity index (χ0v) is 16.1. The van der Waals surface area contributed by atoms with Crippen LogP contribution in [0.3, 0.4) is 0 Å². The molecular formula is C18H23N5OS. The van der Waals surface area contributed by atoms with Gasteiger partial charge in [-0.05, 0) is 44.9 Å². The molecule has 1 N–H and O–H groups in total. The molecule has 3 rings (SSSR count). The Balaban J connectivity index is 1.88. The van der Waals surface area contributed by atoms with E-state index in [4.69, 9.17) is 0 Å². The van der Waals surface area contributed by atoms with Crippen LogP contribution >= 0.6 is 11.8 Å². The quantitative estimate of drug-likeness (QED) is 0.727. The average molecular weight is 357 g/mol. The number of carbonyl (C=O) groups is 1. The molecular weight excluding hydrogens is 334 g/mol. The summed E-state index contributed by atoms with van der Waals surface area (Å²) >= 11 is 1.30. The molecule has 7 heteroatoms. The van der Waals surface area contributed by atoms with E-state index in [0.29, 0.717) is 5.16 Å². The monoisotopic (exact) mass is 357 g/mol. The number of hydrogen-bond donors (Lipinski definition) is 1. The van der Waals surface area contributed by atoms with Gasteiger partial charge in [0.15, 0.2) is 5.65 Å². The number of carbonyl (C=O) groups excluding carboxylic acids is 1. The van der Waals surface area contributed by atoms with Crippen molar-refractivity contribution in [1.82, 2.24) is 25.1 Å². The van der Waals surface area contributed by atoms with Crippen LogP contribution in [-0.2, 0) is 18.3 Å². The molecule has 25 heavy (non-hydrogen) atoms. The molecule has 3 aromatic rings. The summed E-state index contributed by atoms with van der Waals surface area (Å²) in [4.78, 5) is 16.6. The molecule has 0 fully saturated rings. The lowest BCUT2D eigenvalue weighted by Gasteiger charge is -2.20. The van der Waals surface area contributed by atoms with Crippen LogP contribution in [0.2, 0.25) is 0 Å². The highest BCUT2D eigenvalue weighted by molar-refractivity contribution is 7.99. The van der Waals surface area contributed by atoms with E-state index in [9.17, 15) is 4.79 Å². The molecule has 0 bridgehead atoms. The van der Waals surface area contributed by atoms with Crippen molar-refractivity contribution in [2.45, 2.75) is 44.8 Å². The standard InChI is InChI=1S/C18H23N5OS/c1-6-11-7-8-13-12(9-11)15-16(23(13)5)19-17(22-21-15)25-10-14(24)20-18(2,3)4/h7-9H,6,10H2,1-5H3,(H,20,24). The molecule has 2 aromatic heterocycles. The van der Waals surface area contributed by atoms with Crippen molar-refractivity contribution < 1.29 is 4.79 Å². The van der Waals surface area contributed by atoms with Crippen molar-refractivity contribution in [3.8, 4) is 0 Å². The number of thioether (sulfide) groups is 1. The van der Waals surface area contributed by atoms with E-state index in [1.165, 1.54) is 17.3 Å². The molecule has 6 nitrogen and oxygen atoms in total. The minimum atomic E-state index is -0.243. The van der Waals surface area contributed by atoms with Crippen LogP contribution in [0.4, 0.5) is 0 Å². The summed E-state index contributed by atoms with van der Waals surface area (Å²) in [5.74, 6) is 0.236. The van der Waals surface area contributed by atoms with E-state index >= 15 is 0 Å². The molecule has 0 spiro atoms. The van der Waals surface area contributed by atoms with Gasteiger partial charge in [0.25, 0.3) is 0 Å². The Morgan fingerprint density at radius 2 is 2.04 bits per heavy atom. The number of rotatable bonds is 4. The number of nitrogens with zero attached hydrogens (tertiary/aromatic N) is 4. The fourth-order valence-corrected chi connectivity index (χ4v) is 3.34. The van der Waals surface area contributed by atoms with Crippen LogP contribution in [-0.4, -0.2) is 36.9 Å². The van der Waals surface area contributed by atoms with Gasteiger partial charge in [-0.15, -0.1) is 10.2 Å². The van der Waals surface area contributed by atoms with Crippen LogP contribution in [0, 0.1) is 0 Å². The molecule has 0 saturated heterocycles. The largest absolute Gasteiger partial charge is 0.351 e. The number of nitrogens with one attached hydrogen (secondary N) is 1. The van der Waals surface area contributed by atoms with Crippen molar-refractivity contribution in [2.75, 3.05) is 5.75 Å². The lowest BCUT2D eigenvalue weighted by molar-refractivity contribution is -0.119. The lowest BCUT2D eigenvalue weighted by atomic mass is 10.1. The zero-order valence-electron chi connectivity index (χ0n) is 15.3. The maximum absolute atomic E-state index is 12.0. The molecule has 0 atom stereocenters. The van der Waals surface area contributed by atoms with Gasteiger partial charge in [-0.2, -0.15) is 0 Å². The third-order valence-electron chi connectivity index (χ3n) is 3.90. The van der Waals surface area contributed by atoms with Gasteiger partial charge >= 0.3 is 0 Å². The van der Waals surface area contributed by atoms with Crippen molar-refractivity contribution in [3.63, 3.8) is 0 Å². The zero-order chi connectivity index (χ0) is 18.2. The number of fused-ring (bicyclic) bond motifs is 3. The smallest absolute Gasteiger partial charge is 0.230 e. The fraction of sp³-hybridized carbons (Fsp3) is 0.444. The average Bonchev–Trinajstić information content (AvgIpc) is 2.83. The second-order valence-electron chi connectivity index (χ2n) is 7.12. The third-order valence-corrected chi connectivity index (χ3v) is 4.74. The first-order chi connectivity index (χ1) is 11.8. The van der Waals surface area contributed by atoms with Gasteiger partial charge in [0.1, 0.15) is 5.52 Å². The molecule has 0 aliphatic carbocycles. The first-order valence-electron chi connectivity index (χ1n) is 8.34. The predicted molar refractivity (Wildman–Crippen MR) is 102 cm³/mol. The van der Waals surface area contributed by atoms with Crippen molar-refractivity contribution >= 4 is 39.7 Å². The van der Waals surface area contributed by atoms with Gasteiger partial charge in [-0.1, -0.05) is 24.8 Å². The molecule has 0 unspecified atom stereocenters. The van der Waals surface area contributed by atoms with Crippen LogP contribution in [0.15, 0.2) is 23.4 Å². The number of aromatic nitrogens is 4. The SMILES string of the molecule is CCc1ccc2c(c1)c1nnc(SCC(=O)NC(C)(C)C)nc1n2C. The number of hydrogen-bond acceptors (Lipinski definition) is 5. The number of aryl methyl sites for hydroxylation is 2. The number of amides is 1. The minimum Gasteiger partial charge on any atom is -0.351 e. The Labute approximate surface area is 151 Å². The maximum atomic E-state index is 12.0. The van der Waals surface area contributed by atoms with Crippen LogP contribution in [0.5, 0.6) is 0 Å². The first-order valence-corrected chi connectivity index (χ1v) is 9.32. The first kappa shape index (κ1) is 17.7. The Morgan fingerprint density at radius 1 is 1.28 bits per heavy atom. The van der Waals surface area contributed by atoms with Gasteiger partial charge in [0, 0.05) is 18.0 Å². The van der Waals surface area contributed by atoms with E-state index in [1.54, 1.807) is 0 Å². The second-order valence-corrected chi connectivity index (χ2v) is 8.06. The normalized spacial score (nSPS) is 12.0. The van der Waals surface area contributed by atoms with E-state index in [1.807, 2.05) is 32.4 Å². The van der Waals surface area contributed by atoms with E-state index < -0.39 is 0 Å². The molecule has 2 heterocycles. The Morgan fingerprint density at radius 3 is 2.72 bits per heavy atom. The van der Waals surface area contributed by atoms with Crippen LogP contribution < -0.4 is 5.32 Å². The summed E-state index contributed by atoms with van der Waals surface area (Å²) in [6.45, 7) is 8.01. The van der Waals surface area contributed by atoms with Gasteiger partial charge < -0.3 is 9.88 Å². The Kier molecular flexibility index (Phi) is 4.69. The van der Waals surface area contributed by atoms with E-state index in [-0.39, 0.29) is 17.2 Å². The maximum Gasteiger partial charge on any atom is 0.230 e. The minimum absolute atomic E-state index is 0.0363. The highest BCUT2D eigenvalue weighted by atomic mass is 32.2. The van der Waals surface area contributed by atoms with Gasteiger partial charge in [-0.3, -0.25) is 4.79 Å². The van der Waals surface area contributed by atoms with Crippen molar-refractivity contribution in [2.24, 2.45) is 7.05 Å². The summed E-state index contributed by atoms with van der Waals surface area (Å²) < 4.78 is 2.03. The van der Waals surface area contributed by atoms with Crippen molar-refractivity contribution in [1.29, 1.82) is 0 Å². The molecule has 0 saturated carbocycles. The van der Waals surface area contributed by atoms with E-state index in [2.05, 4.69) is 45.6 Å². The topological polar surface area (TPSA) is 72.7 Å². The molecule has 0 radical (unpaired) electrons. The Bertz CT molecular complexity index is 942. The third kappa shape index (κ3) is 3.76. The van der Waals surface area contributed by atoms with Gasteiger partial charge in [0.2, 0.25) is 11.1 Å². The molecule has 132 valence electrons. The van der Waals surface area contributed by atoms with Crippen LogP contribution in [0.1, 0.15) is 33.3 Å². The summed E-state index contributed by atoms with van der Waals surface area (Å²) in [7, 11) is 1.98. The van der Waals surface area contributed by atoms with Gasteiger partial charge in [0.05, 0.1) is 11.3 Å². The summed E-state index contributed by atoms with van der Waals surface area (Å²) in [5, 5.41) is 13.1. The Hall–Kier alpha value is -2.15. The molecule has 1 amide bonds. The lowest BCUT2D eigenvalue weighted by Crippen LogP contribution is -2.41. The predicted octanol–water partition coefficient (Wildman–Crippen LogP) is 3.09. The van der Waals surface area contributed by atoms with Crippen LogP contribution in [0.25, 0.3) is 22.1 Å². The summed E-state index contributed by atoms with van der Waals surface area (Å²) in [5.41, 5.74) is 3.70. The second kappa shape index (κ2) is 6.63. The van der Waals surface area contributed by atoms with E-state index in [0.717, 1.165) is 28.5 Å². The van der Waals surface area contributed by atoms with Crippen molar-refractivity contribution in [3.05, 3.63) is 23.8 Å².